The Bertz CT molecular complexity index is 733. The van der Waals surface area contributed by atoms with E-state index in [1.54, 1.807) is 26.0 Å². The average Bonchev–Trinajstić information content (AvgIpc) is 2.71. The van der Waals surface area contributed by atoms with Crippen molar-refractivity contribution in [2.45, 2.75) is 42.5 Å². The van der Waals surface area contributed by atoms with E-state index in [-0.39, 0.29) is 12.3 Å². The molecule has 0 saturated carbocycles. The van der Waals surface area contributed by atoms with Crippen LogP contribution in [0.4, 0.5) is 0 Å². The predicted molar refractivity (Wildman–Crippen MR) is 86.4 cm³/mol. The van der Waals surface area contributed by atoms with Crippen LogP contribution in [0.5, 0.6) is 0 Å². The number of carboxylic acids is 1. The number of β-lactam (4-membered cyclic amide) rings is 1. The van der Waals surface area contributed by atoms with Crippen LogP contribution in [-0.2, 0) is 31.6 Å². The molecule has 2 heterocycles. The summed E-state index contributed by atoms with van der Waals surface area (Å²) in [5, 5.41) is 11.2. The number of carboxylic acid groups (broad SMARTS) is 1. The minimum atomic E-state index is -1.58. The fourth-order valence-corrected chi connectivity index (χ4v) is 5.22. The molecule has 7 nitrogen and oxygen atoms in total. The van der Waals surface area contributed by atoms with Crippen LogP contribution in [0.1, 0.15) is 19.4 Å². The summed E-state index contributed by atoms with van der Waals surface area (Å²) in [5.74, 6) is -2.03. The van der Waals surface area contributed by atoms with E-state index in [0.29, 0.717) is 0 Å². The van der Waals surface area contributed by atoms with Gasteiger partial charge in [-0.05, 0) is 19.4 Å². The summed E-state index contributed by atoms with van der Waals surface area (Å²) in [7, 11) is -1.58. The summed E-state index contributed by atoms with van der Waals surface area (Å²) in [4.78, 5) is 37.0. The third kappa shape index (κ3) is 2.41. The average molecular weight is 350 g/mol. The molecule has 2 aliphatic heterocycles. The topological polar surface area (TPSA) is 104 Å². The Kier molecular flexibility index (Phi) is 3.95. The van der Waals surface area contributed by atoms with Gasteiger partial charge in [0.2, 0.25) is 11.8 Å². The number of nitrogens with zero attached hydrogens (tertiary/aromatic N) is 1. The largest absolute Gasteiger partial charge is 0.480 e. The first-order valence-electron chi connectivity index (χ1n) is 7.54. The summed E-state index contributed by atoms with van der Waals surface area (Å²) in [5.41, 5.74) is 0.801. The number of benzene rings is 1. The van der Waals surface area contributed by atoms with Crippen molar-refractivity contribution in [1.29, 1.82) is 0 Å². The van der Waals surface area contributed by atoms with Crippen molar-refractivity contribution in [1.82, 2.24) is 10.2 Å². The van der Waals surface area contributed by atoms with Crippen LogP contribution in [0.25, 0.3) is 0 Å². The van der Waals surface area contributed by atoms with Crippen LogP contribution in [0.2, 0.25) is 0 Å². The molecule has 0 bridgehead atoms. The first-order valence-corrected chi connectivity index (χ1v) is 8.75. The first kappa shape index (κ1) is 16.6. The second-order valence-corrected chi connectivity index (χ2v) is 8.62. The zero-order valence-corrected chi connectivity index (χ0v) is 14.1. The van der Waals surface area contributed by atoms with Gasteiger partial charge in [0.1, 0.15) is 17.5 Å². The van der Waals surface area contributed by atoms with Gasteiger partial charge in [-0.3, -0.25) is 13.8 Å². The molecule has 24 heavy (non-hydrogen) atoms. The highest BCUT2D eigenvalue weighted by atomic mass is 32.2. The lowest BCUT2D eigenvalue weighted by Gasteiger charge is -2.43. The SMILES string of the molecule is CC1(C)C(C(=O)O)N2C(=O)C(NC(=O)Cc3ccccc3)C2S1=O. The Morgan fingerprint density at radius 1 is 1.29 bits per heavy atom. The van der Waals surface area contributed by atoms with Gasteiger partial charge in [-0.15, -0.1) is 0 Å². The molecule has 2 saturated heterocycles. The molecule has 0 aliphatic carbocycles. The third-order valence-electron chi connectivity index (χ3n) is 4.51. The molecular weight excluding hydrogens is 332 g/mol. The molecule has 0 radical (unpaired) electrons. The van der Waals surface area contributed by atoms with Crippen LogP contribution in [0.3, 0.4) is 0 Å². The Labute approximate surface area is 141 Å². The van der Waals surface area contributed by atoms with Gasteiger partial charge >= 0.3 is 5.97 Å². The van der Waals surface area contributed by atoms with Gasteiger partial charge in [0.05, 0.1) is 22.0 Å². The van der Waals surface area contributed by atoms with Crippen molar-refractivity contribution < 1.29 is 23.7 Å². The van der Waals surface area contributed by atoms with Crippen LogP contribution in [0.15, 0.2) is 30.3 Å². The fourth-order valence-electron chi connectivity index (χ4n) is 3.30. The van der Waals surface area contributed by atoms with Crippen LogP contribution < -0.4 is 5.32 Å². The maximum absolute atomic E-state index is 12.6. The Morgan fingerprint density at radius 2 is 1.92 bits per heavy atom. The highest BCUT2D eigenvalue weighted by Gasteiger charge is 2.68. The molecule has 2 amide bonds. The van der Waals surface area contributed by atoms with Crippen molar-refractivity contribution in [2.75, 3.05) is 0 Å². The van der Waals surface area contributed by atoms with E-state index in [4.69, 9.17) is 0 Å². The molecule has 128 valence electrons. The monoisotopic (exact) mass is 350 g/mol. The van der Waals surface area contributed by atoms with Crippen molar-refractivity contribution >= 4 is 28.6 Å². The Balaban J connectivity index is 1.74. The van der Waals surface area contributed by atoms with Crippen molar-refractivity contribution in [2.24, 2.45) is 0 Å². The number of carbonyl (C=O) groups is 3. The quantitative estimate of drug-likeness (QED) is 0.737. The number of aliphatic carboxylic acids is 1. The van der Waals surface area contributed by atoms with E-state index in [1.165, 1.54) is 0 Å². The number of hydrogen-bond donors (Lipinski definition) is 2. The van der Waals surface area contributed by atoms with Gasteiger partial charge in [0.25, 0.3) is 0 Å². The maximum Gasteiger partial charge on any atom is 0.328 e. The number of rotatable bonds is 4. The number of fused-ring (bicyclic) bond motifs is 1. The molecule has 3 rings (SSSR count). The Hall–Kier alpha value is -2.22. The molecule has 0 aromatic heterocycles. The molecule has 1 aromatic carbocycles. The zero-order valence-electron chi connectivity index (χ0n) is 13.3. The summed E-state index contributed by atoms with van der Waals surface area (Å²) >= 11 is 0. The number of hydrogen-bond acceptors (Lipinski definition) is 4. The standard InChI is InChI=1S/C16H18N2O5S/c1-16(2)12(15(21)22)18-13(20)11(14(18)24(16)23)17-10(19)8-9-6-4-3-5-7-9/h3-7,11-12,14H,8H2,1-2H3,(H,17,19)(H,21,22). The summed E-state index contributed by atoms with van der Waals surface area (Å²) < 4.78 is 11.5. The smallest absolute Gasteiger partial charge is 0.328 e. The minimum Gasteiger partial charge on any atom is -0.480 e. The fraction of sp³-hybridized carbons (Fsp3) is 0.438. The Morgan fingerprint density at radius 3 is 2.50 bits per heavy atom. The lowest BCUT2D eigenvalue weighted by molar-refractivity contribution is -0.161. The van der Waals surface area contributed by atoms with Crippen molar-refractivity contribution in [3.05, 3.63) is 35.9 Å². The number of nitrogens with one attached hydrogen (secondary N) is 1. The van der Waals surface area contributed by atoms with Gasteiger partial charge in [-0.2, -0.15) is 0 Å². The molecule has 2 N–H and O–H groups in total. The van der Waals surface area contributed by atoms with E-state index in [9.17, 15) is 23.7 Å². The highest BCUT2D eigenvalue weighted by Crippen LogP contribution is 2.43. The molecule has 2 aliphatic rings. The lowest BCUT2D eigenvalue weighted by atomic mass is 9.96. The second kappa shape index (κ2) is 5.70. The van der Waals surface area contributed by atoms with Gasteiger partial charge in [0.15, 0.2) is 0 Å². The second-order valence-electron chi connectivity index (χ2n) is 6.49. The van der Waals surface area contributed by atoms with E-state index >= 15 is 0 Å². The molecule has 1 aromatic rings. The van der Waals surface area contributed by atoms with Gasteiger partial charge < -0.3 is 15.3 Å². The summed E-state index contributed by atoms with van der Waals surface area (Å²) in [6, 6.07) is 6.99. The van der Waals surface area contributed by atoms with Gasteiger partial charge in [-0.25, -0.2) is 4.79 Å². The molecule has 4 unspecified atom stereocenters. The summed E-state index contributed by atoms with van der Waals surface area (Å²) in [6.07, 6.45) is 0.107. The molecule has 4 atom stereocenters. The van der Waals surface area contributed by atoms with Crippen molar-refractivity contribution in [3.8, 4) is 0 Å². The predicted octanol–water partition coefficient (Wildman–Crippen LogP) is -0.124. The molecular formula is C16H18N2O5S. The normalized spacial score (nSPS) is 30.4. The molecule has 0 spiro atoms. The minimum absolute atomic E-state index is 0.107. The van der Waals surface area contributed by atoms with Gasteiger partial charge in [0, 0.05) is 0 Å². The van der Waals surface area contributed by atoms with Gasteiger partial charge in [-0.1, -0.05) is 30.3 Å². The first-order chi connectivity index (χ1) is 11.2. The van der Waals surface area contributed by atoms with E-state index in [1.807, 2.05) is 18.2 Å². The van der Waals surface area contributed by atoms with E-state index in [2.05, 4.69) is 5.32 Å². The zero-order chi connectivity index (χ0) is 17.6. The third-order valence-corrected chi connectivity index (χ3v) is 6.71. The van der Waals surface area contributed by atoms with Crippen LogP contribution >= 0.6 is 0 Å². The van der Waals surface area contributed by atoms with Crippen LogP contribution in [-0.4, -0.2) is 54.2 Å². The van der Waals surface area contributed by atoms with Crippen molar-refractivity contribution in [3.63, 3.8) is 0 Å². The highest BCUT2D eigenvalue weighted by molar-refractivity contribution is 7.87. The molecule has 2 fully saturated rings. The molecule has 8 heteroatoms. The maximum atomic E-state index is 12.6. The number of carbonyl (C=O) groups excluding carboxylic acids is 2. The van der Waals surface area contributed by atoms with Crippen LogP contribution in [0, 0.1) is 0 Å². The number of amides is 2. The summed E-state index contributed by atoms with van der Waals surface area (Å²) in [6.45, 7) is 3.13. The van der Waals surface area contributed by atoms with E-state index in [0.717, 1.165) is 10.5 Å². The van der Waals surface area contributed by atoms with E-state index < -0.39 is 44.9 Å². The lowest BCUT2D eigenvalue weighted by Crippen LogP contribution is -2.71.